The summed E-state index contributed by atoms with van der Waals surface area (Å²) in [7, 11) is 1.60. The number of hydrogen-bond acceptors (Lipinski definition) is 5. The predicted octanol–water partition coefficient (Wildman–Crippen LogP) is 4.30. The maximum absolute atomic E-state index is 14.4. The molecule has 10 atom stereocenters. The van der Waals surface area contributed by atoms with Crippen LogP contribution in [0.15, 0.2) is 36.4 Å². The van der Waals surface area contributed by atoms with Crippen LogP contribution < -0.4 is 15.4 Å². The van der Waals surface area contributed by atoms with Crippen molar-refractivity contribution in [3.8, 4) is 5.75 Å². The smallest absolute Gasteiger partial charge is 0.246 e. The second-order valence-corrected chi connectivity index (χ2v) is 12.9. The Balaban J connectivity index is 1.32. The third-order valence-electron chi connectivity index (χ3n) is 10.7. The molecular weight excluding hydrogens is 506 g/mol. The average molecular weight is 550 g/mol. The molecule has 3 aliphatic heterocycles. The van der Waals surface area contributed by atoms with E-state index < -0.39 is 29.6 Å². The predicted molar refractivity (Wildman–Crippen MR) is 152 cm³/mol. The van der Waals surface area contributed by atoms with Crippen molar-refractivity contribution in [2.45, 2.75) is 95.5 Å². The van der Waals surface area contributed by atoms with Crippen LogP contribution >= 0.6 is 0 Å². The highest BCUT2D eigenvalue weighted by molar-refractivity contribution is 6.03. The molecule has 2 aliphatic carbocycles. The number of nitrogens with one attached hydrogen (secondary N) is 2. The van der Waals surface area contributed by atoms with Crippen LogP contribution in [0.3, 0.4) is 0 Å². The number of fused-ring (bicyclic) bond motifs is 1. The Kier molecular flexibility index (Phi) is 7.18. The Bertz CT molecular complexity index is 1180. The first kappa shape index (κ1) is 27.3. The topological polar surface area (TPSA) is 97.0 Å². The van der Waals surface area contributed by atoms with Crippen molar-refractivity contribution in [2.24, 2.45) is 29.6 Å². The standard InChI is InChI=1S/C32H43N3O5/c1-18-9-7-10-23(20(18)3)34-30(37)28-32-17-16-25(40-32)26(29(36)33-21-12-14-22(39-4)15-13-21)27(32)31(38)35(28)24-11-6-5-8-19(24)2/h12-20,23-28H,5-11H2,1-4H3,(H,33,36)(H,34,37)/t18-,19+,20+,23-,24-,25-,26+,27-,28-,32-/m1/s1. The molecule has 1 aromatic rings. The largest absolute Gasteiger partial charge is 0.497 e. The van der Waals surface area contributed by atoms with Crippen molar-refractivity contribution in [3.05, 3.63) is 36.4 Å². The van der Waals surface area contributed by atoms with E-state index in [1.807, 2.05) is 17.1 Å². The van der Waals surface area contributed by atoms with Crippen LogP contribution in [-0.4, -0.2) is 59.6 Å². The van der Waals surface area contributed by atoms with Crippen molar-refractivity contribution in [3.63, 3.8) is 0 Å². The molecule has 2 N–H and O–H groups in total. The molecule has 3 heterocycles. The van der Waals surface area contributed by atoms with Crippen LogP contribution in [0.1, 0.15) is 65.7 Å². The zero-order valence-corrected chi connectivity index (χ0v) is 24.1. The van der Waals surface area contributed by atoms with E-state index in [0.717, 1.165) is 38.5 Å². The Morgan fingerprint density at radius 1 is 0.975 bits per heavy atom. The van der Waals surface area contributed by atoms with Gasteiger partial charge in [-0.2, -0.15) is 0 Å². The van der Waals surface area contributed by atoms with E-state index in [0.29, 0.717) is 23.3 Å². The molecule has 3 amide bonds. The van der Waals surface area contributed by atoms with Gasteiger partial charge in [0.1, 0.15) is 17.4 Å². The van der Waals surface area contributed by atoms with Gasteiger partial charge < -0.3 is 25.0 Å². The minimum atomic E-state index is -1.13. The lowest BCUT2D eigenvalue weighted by Gasteiger charge is -2.42. The van der Waals surface area contributed by atoms with E-state index in [9.17, 15) is 14.4 Å². The number of anilines is 1. The van der Waals surface area contributed by atoms with Crippen LogP contribution in [0.5, 0.6) is 5.75 Å². The van der Waals surface area contributed by atoms with Gasteiger partial charge in [-0.3, -0.25) is 14.4 Å². The number of carbonyl (C=O) groups excluding carboxylic acids is 3. The lowest BCUT2D eigenvalue weighted by atomic mass is 9.73. The highest BCUT2D eigenvalue weighted by atomic mass is 16.5. The fourth-order valence-corrected chi connectivity index (χ4v) is 8.22. The van der Waals surface area contributed by atoms with Crippen LogP contribution in [0.4, 0.5) is 5.69 Å². The minimum Gasteiger partial charge on any atom is -0.497 e. The third-order valence-corrected chi connectivity index (χ3v) is 10.7. The number of likely N-dealkylation sites (tertiary alicyclic amines) is 1. The van der Waals surface area contributed by atoms with Crippen molar-refractivity contribution < 1.29 is 23.9 Å². The Morgan fingerprint density at radius 3 is 2.42 bits per heavy atom. The normalized spacial score (nSPS) is 40.1. The first-order valence-corrected chi connectivity index (χ1v) is 15.2. The van der Waals surface area contributed by atoms with E-state index in [4.69, 9.17) is 9.47 Å². The van der Waals surface area contributed by atoms with Gasteiger partial charge in [0.15, 0.2) is 0 Å². The van der Waals surface area contributed by atoms with Gasteiger partial charge in [-0.1, -0.05) is 58.6 Å². The molecule has 8 heteroatoms. The first-order chi connectivity index (χ1) is 19.2. The van der Waals surface area contributed by atoms with Gasteiger partial charge in [-0.25, -0.2) is 0 Å². The van der Waals surface area contributed by atoms with Crippen molar-refractivity contribution >= 4 is 23.4 Å². The number of amides is 3. The molecule has 216 valence electrons. The molecule has 8 nitrogen and oxygen atoms in total. The molecule has 4 fully saturated rings. The molecule has 0 aromatic heterocycles. The molecule has 0 radical (unpaired) electrons. The quantitative estimate of drug-likeness (QED) is 0.516. The van der Waals surface area contributed by atoms with Gasteiger partial charge in [0.05, 0.1) is 25.0 Å². The van der Waals surface area contributed by atoms with E-state index in [1.165, 1.54) is 6.42 Å². The highest BCUT2D eigenvalue weighted by Gasteiger charge is 2.73. The molecule has 1 aromatic carbocycles. The number of hydrogen-bond donors (Lipinski definition) is 2. The van der Waals surface area contributed by atoms with Gasteiger partial charge in [0.2, 0.25) is 17.7 Å². The number of ether oxygens (including phenoxy) is 2. The van der Waals surface area contributed by atoms with Gasteiger partial charge in [-0.05, 0) is 61.3 Å². The SMILES string of the molecule is COc1ccc(NC(=O)[C@H]2[C@H]3C=C[C@@]4(O3)[C@H]2C(=O)N([C@@H]2CCCC[C@@H]2C)[C@@H]4C(=O)N[C@@H]2CCC[C@@H](C)[C@@H]2C)cc1. The summed E-state index contributed by atoms with van der Waals surface area (Å²) in [6.07, 6.45) is 10.5. The first-order valence-electron chi connectivity index (χ1n) is 15.2. The van der Waals surface area contributed by atoms with Crippen LogP contribution in [0.2, 0.25) is 0 Å². The molecule has 2 bridgehead atoms. The van der Waals surface area contributed by atoms with Crippen molar-refractivity contribution in [1.82, 2.24) is 10.2 Å². The second-order valence-electron chi connectivity index (χ2n) is 12.9. The highest BCUT2D eigenvalue weighted by Crippen LogP contribution is 2.56. The van der Waals surface area contributed by atoms with Crippen LogP contribution in [0, 0.1) is 29.6 Å². The third kappa shape index (κ3) is 4.34. The Hall–Kier alpha value is -2.87. The summed E-state index contributed by atoms with van der Waals surface area (Å²) in [5.74, 6) is -0.0649. The summed E-state index contributed by atoms with van der Waals surface area (Å²) in [6, 6.07) is 6.39. The fourth-order valence-electron chi connectivity index (χ4n) is 8.22. The van der Waals surface area contributed by atoms with Crippen molar-refractivity contribution in [1.29, 1.82) is 0 Å². The summed E-state index contributed by atoms with van der Waals surface area (Å²) in [4.78, 5) is 44.3. The average Bonchev–Trinajstić information content (AvgIpc) is 3.59. The number of benzene rings is 1. The summed E-state index contributed by atoms with van der Waals surface area (Å²) in [5.41, 5.74) is -0.501. The van der Waals surface area contributed by atoms with E-state index >= 15 is 0 Å². The minimum absolute atomic E-state index is 0.0407. The van der Waals surface area contributed by atoms with Gasteiger partial charge in [0.25, 0.3) is 0 Å². The molecule has 0 unspecified atom stereocenters. The molecule has 5 aliphatic rings. The summed E-state index contributed by atoms with van der Waals surface area (Å²) >= 11 is 0. The molecule has 1 spiro atoms. The monoisotopic (exact) mass is 549 g/mol. The maximum Gasteiger partial charge on any atom is 0.246 e. The Labute approximate surface area is 237 Å². The van der Waals surface area contributed by atoms with Crippen LogP contribution in [-0.2, 0) is 19.1 Å². The summed E-state index contributed by atoms with van der Waals surface area (Å²) in [5, 5.41) is 6.37. The molecule has 40 heavy (non-hydrogen) atoms. The van der Waals surface area contributed by atoms with E-state index in [1.54, 1.807) is 31.4 Å². The zero-order valence-electron chi connectivity index (χ0n) is 24.1. The van der Waals surface area contributed by atoms with Crippen LogP contribution in [0.25, 0.3) is 0 Å². The molecule has 2 saturated heterocycles. The van der Waals surface area contributed by atoms with Gasteiger partial charge in [-0.15, -0.1) is 0 Å². The zero-order chi connectivity index (χ0) is 28.2. The maximum atomic E-state index is 14.4. The van der Waals surface area contributed by atoms with Gasteiger partial charge in [0, 0.05) is 17.8 Å². The number of carbonyl (C=O) groups is 3. The number of nitrogens with zero attached hydrogens (tertiary/aromatic N) is 1. The second kappa shape index (κ2) is 10.5. The number of rotatable bonds is 6. The van der Waals surface area contributed by atoms with E-state index in [2.05, 4.69) is 31.4 Å². The lowest BCUT2D eigenvalue weighted by Crippen LogP contribution is -2.60. The van der Waals surface area contributed by atoms with Gasteiger partial charge >= 0.3 is 0 Å². The fraction of sp³-hybridized carbons (Fsp3) is 0.656. The lowest BCUT2D eigenvalue weighted by molar-refractivity contribution is -0.146. The van der Waals surface area contributed by atoms with E-state index in [-0.39, 0.29) is 35.7 Å². The summed E-state index contributed by atoms with van der Waals surface area (Å²) in [6.45, 7) is 6.65. The molecule has 6 rings (SSSR count). The Morgan fingerprint density at radius 2 is 1.70 bits per heavy atom. The number of methoxy groups -OCH3 is 1. The summed E-state index contributed by atoms with van der Waals surface area (Å²) < 4.78 is 11.8. The molecule has 2 saturated carbocycles. The van der Waals surface area contributed by atoms with Crippen molar-refractivity contribution in [2.75, 3.05) is 12.4 Å². The molecular formula is C32H43N3O5.